The Balaban J connectivity index is 2.30. The van der Waals surface area contributed by atoms with Gasteiger partial charge in [-0.25, -0.2) is 4.39 Å². The lowest BCUT2D eigenvalue weighted by molar-refractivity contribution is 0.102. The Kier molecular flexibility index (Phi) is 3.74. The zero-order valence-electron chi connectivity index (χ0n) is 10.6. The molecule has 0 aliphatic carbocycles. The first-order valence-electron chi connectivity index (χ1n) is 5.68. The van der Waals surface area contributed by atoms with Crippen molar-refractivity contribution in [1.82, 2.24) is 0 Å². The van der Waals surface area contributed by atoms with E-state index in [0.717, 1.165) is 6.07 Å². The van der Waals surface area contributed by atoms with Gasteiger partial charge < -0.3 is 20.3 Å². The third-order valence-corrected chi connectivity index (χ3v) is 2.68. The summed E-state index contributed by atoms with van der Waals surface area (Å²) in [5, 5.41) is 21.2. The quantitative estimate of drug-likeness (QED) is 0.753. The maximum absolute atomic E-state index is 13.6. The van der Waals surface area contributed by atoms with Gasteiger partial charge in [0.15, 0.2) is 11.5 Å². The molecule has 104 valence electrons. The number of nitrogens with one attached hydrogen (secondary N) is 1. The Bertz CT molecular complexity index is 658. The molecule has 0 atom stereocenters. The predicted octanol–water partition coefficient (Wildman–Crippen LogP) is 2.50. The predicted molar refractivity (Wildman–Crippen MR) is 70.7 cm³/mol. The summed E-state index contributed by atoms with van der Waals surface area (Å²) < 4.78 is 18.5. The number of anilines is 1. The molecule has 3 N–H and O–H groups in total. The molecule has 0 radical (unpaired) electrons. The summed E-state index contributed by atoms with van der Waals surface area (Å²) in [6.07, 6.45) is 0. The molecular weight excluding hydrogens is 265 g/mol. The summed E-state index contributed by atoms with van der Waals surface area (Å²) in [5.41, 5.74) is -0.246. The van der Waals surface area contributed by atoms with Crippen LogP contribution in [0.2, 0.25) is 0 Å². The lowest BCUT2D eigenvalue weighted by Crippen LogP contribution is -2.13. The van der Waals surface area contributed by atoms with Gasteiger partial charge in [-0.2, -0.15) is 0 Å². The second-order valence-electron chi connectivity index (χ2n) is 3.97. The van der Waals surface area contributed by atoms with Gasteiger partial charge in [0.2, 0.25) is 0 Å². The van der Waals surface area contributed by atoms with Gasteiger partial charge in [0.25, 0.3) is 5.91 Å². The molecule has 0 aromatic heterocycles. The molecular formula is C14H12FNO4. The number of benzene rings is 2. The fraction of sp³-hybridized carbons (Fsp3) is 0.0714. The monoisotopic (exact) mass is 277 g/mol. The van der Waals surface area contributed by atoms with Crippen LogP contribution < -0.4 is 10.1 Å². The minimum atomic E-state index is -0.745. The van der Waals surface area contributed by atoms with Crippen molar-refractivity contribution in [2.45, 2.75) is 0 Å². The van der Waals surface area contributed by atoms with E-state index in [-0.39, 0.29) is 11.3 Å². The molecule has 2 aromatic rings. The van der Waals surface area contributed by atoms with E-state index in [1.807, 2.05) is 0 Å². The van der Waals surface area contributed by atoms with E-state index in [1.165, 1.54) is 37.4 Å². The third kappa shape index (κ3) is 2.64. The van der Waals surface area contributed by atoms with Crippen molar-refractivity contribution < 1.29 is 24.1 Å². The third-order valence-electron chi connectivity index (χ3n) is 2.68. The molecule has 0 aliphatic rings. The Labute approximate surface area is 114 Å². The molecule has 0 unspecified atom stereocenters. The number of para-hydroxylation sites is 1. The summed E-state index contributed by atoms with van der Waals surface area (Å²) in [6, 6.07) is 7.81. The summed E-state index contributed by atoms with van der Waals surface area (Å²) in [4.78, 5) is 11.9. The number of rotatable bonds is 3. The summed E-state index contributed by atoms with van der Waals surface area (Å²) >= 11 is 0. The first kappa shape index (κ1) is 13.7. The number of phenols is 2. The summed E-state index contributed by atoms with van der Waals surface area (Å²) in [6.45, 7) is 0. The van der Waals surface area contributed by atoms with Gasteiger partial charge in [-0.1, -0.05) is 6.07 Å². The van der Waals surface area contributed by atoms with Gasteiger partial charge in [0.05, 0.1) is 18.4 Å². The number of halogens is 1. The molecule has 2 rings (SSSR count). The van der Waals surface area contributed by atoms with Crippen LogP contribution in [0.5, 0.6) is 17.2 Å². The van der Waals surface area contributed by atoms with Crippen LogP contribution in [0.4, 0.5) is 10.1 Å². The second-order valence-corrected chi connectivity index (χ2v) is 3.97. The number of hydrogen-bond acceptors (Lipinski definition) is 4. The van der Waals surface area contributed by atoms with Gasteiger partial charge >= 0.3 is 0 Å². The molecule has 0 saturated heterocycles. The van der Waals surface area contributed by atoms with Crippen LogP contribution in [0.3, 0.4) is 0 Å². The fourth-order valence-electron chi connectivity index (χ4n) is 1.63. The van der Waals surface area contributed by atoms with Crippen molar-refractivity contribution >= 4 is 11.6 Å². The second kappa shape index (κ2) is 5.48. The van der Waals surface area contributed by atoms with Crippen LogP contribution in [-0.2, 0) is 0 Å². The number of methoxy groups -OCH3 is 1. The van der Waals surface area contributed by atoms with E-state index in [4.69, 9.17) is 4.74 Å². The molecule has 0 fully saturated rings. The van der Waals surface area contributed by atoms with Gasteiger partial charge in [0.1, 0.15) is 11.6 Å². The molecule has 0 spiro atoms. The maximum atomic E-state index is 13.6. The van der Waals surface area contributed by atoms with E-state index < -0.39 is 23.2 Å². The Morgan fingerprint density at radius 2 is 2.00 bits per heavy atom. The highest BCUT2D eigenvalue weighted by Gasteiger charge is 2.15. The van der Waals surface area contributed by atoms with Crippen LogP contribution in [0.15, 0.2) is 36.4 Å². The highest BCUT2D eigenvalue weighted by molar-refractivity contribution is 6.06. The molecule has 1 amide bonds. The average molecular weight is 277 g/mol. The van der Waals surface area contributed by atoms with Crippen LogP contribution in [0.1, 0.15) is 10.4 Å². The number of ether oxygens (including phenoxy) is 1. The van der Waals surface area contributed by atoms with Crippen molar-refractivity contribution in [3.05, 3.63) is 47.8 Å². The Morgan fingerprint density at radius 1 is 1.25 bits per heavy atom. The highest BCUT2D eigenvalue weighted by Crippen LogP contribution is 2.29. The topological polar surface area (TPSA) is 78.8 Å². The molecule has 20 heavy (non-hydrogen) atoms. The zero-order valence-corrected chi connectivity index (χ0v) is 10.6. The zero-order chi connectivity index (χ0) is 14.7. The maximum Gasteiger partial charge on any atom is 0.259 e. The lowest BCUT2D eigenvalue weighted by atomic mass is 10.1. The number of amides is 1. The first-order valence-corrected chi connectivity index (χ1v) is 5.68. The van der Waals surface area contributed by atoms with Crippen LogP contribution in [0, 0.1) is 5.82 Å². The van der Waals surface area contributed by atoms with E-state index >= 15 is 0 Å². The Hall–Kier alpha value is -2.76. The lowest BCUT2D eigenvalue weighted by Gasteiger charge is -2.09. The van der Waals surface area contributed by atoms with Gasteiger partial charge in [0, 0.05) is 6.07 Å². The van der Waals surface area contributed by atoms with Crippen molar-refractivity contribution in [1.29, 1.82) is 0 Å². The molecule has 0 heterocycles. The SMILES string of the molecule is COc1ccc(F)c(NC(=O)c2cccc(O)c2O)c1. The molecule has 6 heteroatoms. The van der Waals surface area contributed by atoms with Crippen LogP contribution in [0.25, 0.3) is 0 Å². The van der Waals surface area contributed by atoms with Crippen LogP contribution >= 0.6 is 0 Å². The minimum absolute atomic E-state index is 0.0860. The molecule has 0 aliphatic heterocycles. The number of carbonyl (C=O) groups is 1. The van der Waals surface area contributed by atoms with Crippen molar-refractivity contribution in [2.24, 2.45) is 0 Å². The average Bonchev–Trinajstić information content (AvgIpc) is 2.44. The van der Waals surface area contributed by atoms with Crippen LogP contribution in [-0.4, -0.2) is 23.2 Å². The molecule has 2 aromatic carbocycles. The normalized spacial score (nSPS) is 10.1. The van der Waals surface area contributed by atoms with E-state index in [9.17, 15) is 19.4 Å². The number of hydrogen-bond donors (Lipinski definition) is 3. The molecule has 5 nitrogen and oxygen atoms in total. The van der Waals surface area contributed by atoms with Gasteiger partial charge in [-0.15, -0.1) is 0 Å². The van der Waals surface area contributed by atoms with Gasteiger partial charge in [-0.05, 0) is 24.3 Å². The minimum Gasteiger partial charge on any atom is -0.504 e. The number of aromatic hydroxyl groups is 2. The summed E-state index contributed by atoms with van der Waals surface area (Å²) in [5.74, 6) is -2.00. The number of phenolic OH excluding ortho intramolecular Hbond substituents is 2. The standard InChI is InChI=1S/C14H12FNO4/c1-20-8-5-6-10(15)11(7-8)16-14(19)9-3-2-4-12(17)13(9)18/h2-7,17-18H,1H3,(H,16,19). The van der Waals surface area contributed by atoms with E-state index in [1.54, 1.807) is 0 Å². The molecule has 0 bridgehead atoms. The smallest absolute Gasteiger partial charge is 0.259 e. The summed E-state index contributed by atoms with van der Waals surface area (Å²) in [7, 11) is 1.42. The largest absolute Gasteiger partial charge is 0.504 e. The highest BCUT2D eigenvalue weighted by atomic mass is 19.1. The van der Waals surface area contributed by atoms with E-state index in [2.05, 4.69) is 5.32 Å². The number of carbonyl (C=O) groups excluding carboxylic acids is 1. The van der Waals surface area contributed by atoms with E-state index in [0.29, 0.717) is 5.75 Å². The first-order chi connectivity index (χ1) is 9.52. The fourth-order valence-corrected chi connectivity index (χ4v) is 1.63. The van der Waals surface area contributed by atoms with Crippen molar-refractivity contribution in [3.63, 3.8) is 0 Å². The molecule has 0 saturated carbocycles. The van der Waals surface area contributed by atoms with Crippen molar-refractivity contribution in [3.8, 4) is 17.2 Å². The van der Waals surface area contributed by atoms with Gasteiger partial charge in [-0.3, -0.25) is 4.79 Å². The Morgan fingerprint density at radius 3 is 2.70 bits per heavy atom. The van der Waals surface area contributed by atoms with Crippen molar-refractivity contribution in [2.75, 3.05) is 12.4 Å².